The predicted octanol–water partition coefficient (Wildman–Crippen LogP) is 2.07. The fourth-order valence-electron chi connectivity index (χ4n) is 1.67. The zero-order chi connectivity index (χ0) is 16.0. The van der Waals surface area contributed by atoms with E-state index in [4.69, 9.17) is 21.1 Å². The number of anilines is 1. The van der Waals surface area contributed by atoms with Crippen molar-refractivity contribution in [2.24, 2.45) is 0 Å². The second-order valence-corrected chi connectivity index (χ2v) is 6.65. The quantitative estimate of drug-likeness (QED) is 0.713. The van der Waals surface area contributed by atoms with Gasteiger partial charge in [-0.3, -0.25) is 9.10 Å². The normalized spacial score (nSPS) is 11.0. The smallest absolute Gasteiger partial charge is 0.326 e. The number of carbonyl (C=O) groups is 1. The molecular formula is C13H18ClNO5S. The Kier molecular flexibility index (Phi) is 6.29. The number of carbonyl (C=O) groups excluding carboxylic acids is 1. The van der Waals surface area contributed by atoms with E-state index in [0.29, 0.717) is 10.8 Å². The van der Waals surface area contributed by atoms with Gasteiger partial charge in [0.1, 0.15) is 12.3 Å². The molecule has 0 saturated heterocycles. The van der Waals surface area contributed by atoms with Crippen LogP contribution in [-0.2, 0) is 19.6 Å². The number of benzene rings is 1. The molecular weight excluding hydrogens is 318 g/mol. The largest absolute Gasteiger partial charge is 0.495 e. The molecule has 0 aliphatic rings. The van der Waals surface area contributed by atoms with E-state index in [0.717, 1.165) is 4.31 Å². The Labute approximate surface area is 129 Å². The van der Waals surface area contributed by atoms with Gasteiger partial charge in [0.15, 0.2) is 0 Å². The van der Waals surface area contributed by atoms with Crippen LogP contribution in [0.5, 0.6) is 5.75 Å². The summed E-state index contributed by atoms with van der Waals surface area (Å²) in [7, 11) is -2.27. The second kappa shape index (κ2) is 7.51. The first-order chi connectivity index (χ1) is 9.85. The molecule has 0 aromatic heterocycles. The van der Waals surface area contributed by atoms with E-state index in [-0.39, 0.29) is 18.0 Å². The molecule has 0 heterocycles. The number of hydrogen-bond acceptors (Lipinski definition) is 5. The molecule has 118 valence electrons. The third-order valence-corrected chi connectivity index (χ3v) is 4.65. The van der Waals surface area contributed by atoms with E-state index in [1.165, 1.54) is 20.1 Å². The minimum absolute atomic E-state index is 0.165. The van der Waals surface area contributed by atoms with Gasteiger partial charge in [-0.25, -0.2) is 8.42 Å². The highest BCUT2D eigenvalue weighted by Gasteiger charge is 2.27. The maximum absolute atomic E-state index is 12.2. The van der Waals surface area contributed by atoms with Crippen LogP contribution >= 0.6 is 11.6 Å². The highest BCUT2D eigenvalue weighted by atomic mass is 35.5. The molecule has 21 heavy (non-hydrogen) atoms. The Morgan fingerprint density at radius 3 is 2.52 bits per heavy atom. The van der Waals surface area contributed by atoms with Crippen molar-refractivity contribution >= 4 is 33.3 Å². The SMILES string of the molecule is CCOC(=O)CN(c1cc(Cl)ccc1OC)S(=O)(=O)CC. The van der Waals surface area contributed by atoms with E-state index >= 15 is 0 Å². The van der Waals surface area contributed by atoms with Crippen LogP contribution in [0.4, 0.5) is 5.69 Å². The second-order valence-electron chi connectivity index (χ2n) is 4.03. The van der Waals surface area contributed by atoms with Crippen molar-refractivity contribution in [1.29, 1.82) is 0 Å². The summed E-state index contributed by atoms with van der Waals surface area (Å²) in [6.07, 6.45) is 0. The molecule has 0 aliphatic carbocycles. The summed E-state index contributed by atoms with van der Waals surface area (Å²) in [5.41, 5.74) is 0.208. The van der Waals surface area contributed by atoms with Crippen molar-refractivity contribution in [1.82, 2.24) is 0 Å². The third kappa shape index (κ3) is 4.50. The Hall–Kier alpha value is -1.47. The van der Waals surface area contributed by atoms with Crippen molar-refractivity contribution in [3.05, 3.63) is 23.2 Å². The van der Waals surface area contributed by atoms with Gasteiger partial charge in [0.05, 0.1) is 25.2 Å². The number of sulfonamides is 1. The highest BCUT2D eigenvalue weighted by molar-refractivity contribution is 7.92. The van der Waals surface area contributed by atoms with Crippen molar-refractivity contribution in [2.45, 2.75) is 13.8 Å². The summed E-state index contributed by atoms with van der Waals surface area (Å²) in [5, 5.41) is 0.339. The van der Waals surface area contributed by atoms with Crippen LogP contribution in [0.3, 0.4) is 0 Å². The number of methoxy groups -OCH3 is 1. The topological polar surface area (TPSA) is 72.9 Å². The maximum atomic E-state index is 12.2. The van der Waals surface area contributed by atoms with E-state index in [1.54, 1.807) is 19.1 Å². The molecule has 0 aliphatic heterocycles. The van der Waals surface area contributed by atoms with Gasteiger partial charge in [0.25, 0.3) is 0 Å². The Morgan fingerprint density at radius 2 is 2.00 bits per heavy atom. The van der Waals surface area contributed by atoms with Gasteiger partial charge in [-0.05, 0) is 32.0 Å². The minimum atomic E-state index is -3.68. The lowest BCUT2D eigenvalue weighted by Crippen LogP contribution is -2.37. The fourth-order valence-corrected chi connectivity index (χ4v) is 2.89. The molecule has 8 heteroatoms. The molecule has 0 saturated carbocycles. The van der Waals surface area contributed by atoms with Crippen molar-refractivity contribution in [3.8, 4) is 5.75 Å². The van der Waals surface area contributed by atoms with E-state index in [2.05, 4.69) is 0 Å². The molecule has 0 fully saturated rings. The van der Waals surface area contributed by atoms with E-state index in [9.17, 15) is 13.2 Å². The Bertz CT molecular complexity index is 603. The van der Waals surface area contributed by atoms with Crippen LogP contribution in [-0.4, -0.2) is 40.4 Å². The lowest BCUT2D eigenvalue weighted by molar-refractivity contribution is -0.141. The molecule has 0 spiro atoms. The van der Waals surface area contributed by atoms with Gasteiger partial charge < -0.3 is 9.47 Å². The summed E-state index contributed by atoms with van der Waals surface area (Å²) < 4.78 is 35.4. The van der Waals surface area contributed by atoms with Crippen molar-refractivity contribution in [3.63, 3.8) is 0 Å². The fraction of sp³-hybridized carbons (Fsp3) is 0.462. The van der Waals surface area contributed by atoms with Gasteiger partial charge >= 0.3 is 5.97 Å². The Balaban J connectivity index is 3.30. The standard InChI is InChI=1S/C13H18ClNO5S/c1-4-20-13(16)9-15(21(17,18)5-2)11-8-10(14)6-7-12(11)19-3/h6-8H,4-5,9H2,1-3H3. The zero-order valence-corrected chi connectivity index (χ0v) is 13.7. The zero-order valence-electron chi connectivity index (χ0n) is 12.1. The van der Waals surface area contributed by atoms with E-state index < -0.39 is 22.5 Å². The number of ether oxygens (including phenoxy) is 2. The highest BCUT2D eigenvalue weighted by Crippen LogP contribution is 2.33. The minimum Gasteiger partial charge on any atom is -0.495 e. The summed E-state index contributed by atoms with van der Waals surface area (Å²) in [6.45, 7) is 2.88. The molecule has 0 radical (unpaired) electrons. The number of halogens is 1. The number of rotatable bonds is 7. The van der Waals surface area contributed by atoms with Crippen LogP contribution < -0.4 is 9.04 Å². The summed E-state index contributed by atoms with van der Waals surface area (Å²) in [6, 6.07) is 4.55. The summed E-state index contributed by atoms with van der Waals surface area (Å²) >= 11 is 5.92. The number of nitrogens with zero attached hydrogens (tertiary/aromatic N) is 1. The van der Waals surface area contributed by atoms with Crippen LogP contribution in [0.2, 0.25) is 5.02 Å². The summed E-state index contributed by atoms with van der Waals surface area (Å²) in [5.74, 6) is -0.500. The lowest BCUT2D eigenvalue weighted by Gasteiger charge is -2.24. The van der Waals surface area contributed by atoms with Gasteiger partial charge in [-0.2, -0.15) is 0 Å². The molecule has 0 atom stereocenters. The van der Waals surface area contributed by atoms with Gasteiger partial charge in [0.2, 0.25) is 10.0 Å². The molecule has 1 aromatic rings. The molecule has 0 N–H and O–H groups in total. The number of hydrogen-bond donors (Lipinski definition) is 0. The molecule has 0 unspecified atom stereocenters. The monoisotopic (exact) mass is 335 g/mol. The van der Waals surface area contributed by atoms with Crippen LogP contribution in [0, 0.1) is 0 Å². The van der Waals surface area contributed by atoms with Crippen LogP contribution in [0.1, 0.15) is 13.8 Å². The number of esters is 1. The Morgan fingerprint density at radius 1 is 1.33 bits per heavy atom. The lowest BCUT2D eigenvalue weighted by atomic mass is 10.3. The van der Waals surface area contributed by atoms with Gasteiger partial charge in [0, 0.05) is 5.02 Å². The molecule has 0 bridgehead atoms. The maximum Gasteiger partial charge on any atom is 0.326 e. The van der Waals surface area contributed by atoms with Crippen molar-refractivity contribution < 1.29 is 22.7 Å². The van der Waals surface area contributed by atoms with Crippen molar-refractivity contribution in [2.75, 3.05) is 30.3 Å². The van der Waals surface area contributed by atoms with Crippen LogP contribution in [0.15, 0.2) is 18.2 Å². The average molecular weight is 336 g/mol. The van der Waals surface area contributed by atoms with Crippen LogP contribution in [0.25, 0.3) is 0 Å². The first kappa shape index (κ1) is 17.6. The average Bonchev–Trinajstić information content (AvgIpc) is 2.45. The molecule has 0 amide bonds. The van der Waals surface area contributed by atoms with Gasteiger partial charge in [-0.1, -0.05) is 11.6 Å². The predicted molar refractivity (Wildman–Crippen MR) is 81.4 cm³/mol. The molecule has 1 rings (SSSR count). The third-order valence-electron chi connectivity index (χ3n) is 2.69. The molecule has 6 nitrogen and oxygen atoms in total. The first-order valence-electron chi connectivity index (χ1n) is 6.35. The first-order valence-corrected chi connectivity index (χ1v) is 8.34. The molecule has 1 aromatic carbocycles. The van der Waals surface area contributed by atoms with Gasteiger partial charge in [-0.15, -0.1) is 0 Å². The summed E-state index contributed by atoms with van der Waals surface area (Å²) in [4.78, 5) is 11.7. The van der Waals surface area contributed by atoms with E-state index in [1.807, 2.05) is 0 Å².